The molecule has 0 amide bonds. The maximum absolute atomic E-state index is 11.9. The molecule has 0 aliphatic carbocycles. The van der Waals surface area contributed by atoms with E-state index in [1.54, 1.807) is 12.1 Å². The molecule has 2 aromatic carbocycles. The minimum absolute atomic E-state index is 0.325. The molecular formula is C19H15ClN4O2. The van der Waals surface area contributed by atoms with Crippen LogP contribution in [0.25, 0.3) is 22.4 Å². The summed E-state index contributed by atoms with van der Waals surface area (Å²) in [5.74, 6) is 0.501. The Balaban J connectivity index is 1.73. The van der Waals surface area contributed by atoms with E-state index < -0.39 is 5.63 Å². The number of benzene rings is 2. The Hall–Kier alpha value is -2.99. The number of halogens is 1. The van der Waals surface area contributed by atoms with Gasteiger partial charge in [-0.25, -0.2) is 4.79 Å². The molecule has 0 bridgehead atoms. The van der Waals surface area contributed by atoms with Gasteiger partial charge in [0.15, 0.2) is 0 Å². The van der Waals surface area contributed by atoms with Gasteiger partial charge in [0.1, 0.15) is 5.58 Å². The Kier molecular flexibility index (Phi) is 4.05. The Morgan fingerprint density at radius 1 is 1.08 bits per heavy atom. The molecule has 0 fully saturated rings. The van der Waals surface area contributed by atoms with Crippen molar-refractivity contribution in [3.05, 3.63) is 74.6 Å². The predicted molar refractivity (Wildman–Crippen MR) is 99.3 cm³/mol. The molecule has 0 atom stereocenters. The molecule has 0 aliphatic heterocycles. The van der Waals surface area contributed by atoms with Crippen molar-refractivity contribution in [2.24, 2.45) is 0 Å². The van der Waals surface area contributed by atoms with Gasteiger partial charge in [0.25, 0.3) is 0 Å². The molecule has 4 rings (SSSR count). The summed E-state index contributed by atoms with van der Waals surface area (Å²) < 4.78 is 5.33. The fraction of sp³-hybridized carbons (Fsp3) is 0.158. The van der Waals surface area contributed by atoms with Gasteiger partial charge >= 0.3 is 5.63 Å². The molecule has 0 saturated carbocycles. The van der Waals surface area contributed by atoms with Crippen molar-refractivity contribution in [2.75, 3.05) is 0 Å². The molecule has 0 aliphatic rings. The van der Waals surface area contributed by atoms with Crippen molar-refractivity contribution in [3.63, 3.8) is 0 Å². The van der Waals surface area contributed by atoms with E-state index in [2.05, 4.69) is 15.4 Å². The van der Waals surface area contributed by atoms with E-state index in [4.69, 9.17) is 16.0 Å². The van der Waals surface area contributed by atoms with E-state index >= 15 is 0 Å². The topological polar surface area (TPSA) is 73.8 Å². The summed E-state index contributed by atoms with van der Waals surface area (Å²) in [6, 6.07) is 12.6. The fourth-order valence-corrected chi connectivity index (χ4v) is 2.92. The first-order valence-electron chi connectivity index (χ1n) is 8.07. The van der Waals surface area contributed by atoms with Crippen molar-refractivity contribution in [1.82, 2.24) is 20.2 Å². The Bertz CT molecular complexity index is 1160. The van der Waals surface area contributed by atoms with Gasteiger partial charge in [0.2, 0.25) is 5.82 Å². The third-order valence-corrected chi connectivity index (χ3v) is 4.56. The van der Waals surface area contributed by atoms with E-state index in [-0.39, 0.29) is 0 Å². The minimum atomic E-state index is -0.395. The smallest absolute Gasteiger partial charge is 0.336 e. The predicted octanol–water partition coefficient (Wildman–Crippen LogP) is 3.77. The van der Waals surface area contributed by atoms with Gasteiger partial charge in [-0.15, -0.1) is 10.2 Å². The second-order valence-electron chi connectivity index (χ2n) is 6.17. The van der Waals surface area contributed by atoms with Gasteiger partial charge in [0, 0.05) is 22.0 Å². The lowest BCUT2D eigenvalue weighted by atomic mass is 10.0. The van der Waals surface area contributed by atoms with E-state index in [9.17, 15) is 4.79 Å². The zero-order chi connectivity index (χ0) is 18.3. The van der Waals surface area contributed by atoms with Gasteiger partial charge in [-0.2, -0.15) is 4.80 Å². The number of aryl methyl sites for hydroxylation is 2. The first-order valence-corrected chi connectivity index (χ1v) is 8.45. The number of fused-ring (bicyclic) bond motifs is 1. The van der Waals surface area contributed by atoms with E-state index in [1.165, 1.54) is 10.9 Å². The van der Waals surface area contributed by atoms with Crippen molar-refractivity contribution in [3.8, 4) is 11.4 Å². The molecule has 2 aromatic heterocycles. The van der Waals surface area contributed by atoms with Crippen LogP contribution < -0.4 is 5.63 Å². The number of hydrogen-bond donors (Lipinski definition) is 0. The van der Waals surface area contributed by atoms with Gasteiger partial charge in [-0.05, 0) is 72.1 Å². The molecule has 7 heteroatoms. The Morgan fingerprint density at radius 2 is 1.81 bits per heavy atom. The third-order valence-electron chi connectivity index (χ3n) is 4.31. The number of hydrogen-bond acceptors (Lipinski definition) is 5. The van der Waals surface area contributed by atoms with Crippen LogP contribution in [0.5, 0.6) is 0 Å². The maximum atomic E-state index is 11.9. The fourth-order valence-electron chi connectivity index (χ4n) is 2.79. The average molecular weight is 367 g/mol. The summed E-state index contributed by atoms with van der Waals surface area (Å²) in [5, 5.41) is 14.1. The quantitative estimate of drug-likeness (QED) is 0.516. The monoisotopic (exact) mass is 366 g/mol. The highest BCUT2D eigenvalue weighted by molar-refractivity contribution is 6.30. The van der Waals surface area contributed by atoms with Crippen molar-refractivity contribution in [1.29, 1.82) is 0 Å². The first-order chi connectivity index (χ1) is 12.5. The lowest BCUT2D eigenvalue weighted by molar-refractivity contribution is 0.545. The van der Waals surface area contributed by atoms with Crippen LogP contribution in [0, 0.1) is 13.8 Å². The Morgan fingerprint density at radius 3 is 2.58 bits per heavy atom. The van der Waals surface area contributed by atoms with Gasteiger partial charge in [0.05, 0.1) is 6.54 Å². The van der Waals surface area contributed by atoms with Gasteiger partial charge < -0.3 is 4.42 Å². The van der Waals surface area contributed by atoms with E-state index in [0.717, 1.165) is 27.6 Å². The molecule has 2 heterocycles. The van der Waals surface area contributed by atoms with Crippen molar-refractivity contribution in [2.45, 2.75) is 20.4 Å². The summed E-state index contributed by atoms with van der Waals surface area (Å²) >= 11 is 5.91. The largest absolute Gasteiger partial charge is 0.423 e. The first kappa shape index (κ1) is 16.5. The van der Waals surface area contributed by atoms with Crippen molar-refractivity contribution < 1.29 is 4.42 Å². The number of tetrazole rings is 1. The second-order valence-corrected chi connectivity index (χ2v) is 6.61. The van der Waals surface area contributed by atoms with Crippen LogP contribution in [-0.2, 0) is 6.54 Å². The highest BCUT2D eigenvalue weighted by atomic mass is 35.5. The van der Waals surface area contributed by atoms with Crippen LogP contribution >= 0.6 is 11.6 Å². The summed E-state index contributed by atoms with van der Waals surface area (Å²) in [5.41, 5.74) is 3.98. The summed E-state index contributed by atoms with van der Waals surface area (Å²) in [6.07, 6.45) is 0. The van der Waals surface area contributed by atoms with Crippen LogP contribution in [0.1, 0.15) is 16.7 Å². The third kappa shape index (κ3) is 3.11. The molecule has 0 radical (unpaired) electrons. The average Bonchev–Trinajstić information content (AvgIpc) is 3.06. The van der Waals surface area contributed by atoms with Gasteiger partial charge in [-0.3, -0.25) is 0 Å². The van der Waals surface area contributed by atoms with E-state index in [0.29, 0.717) is 23.0 Å². The standard InChI is InChI=1S/C19H15ClN4O2/c1-11-7-16-14(9-18(25)26-17(16)8-12(11)2)10-24-22-19(21-23-24)13-3-5-15(20)6-4-13/h3-9H,10H2,1-2H3. The summed E-state index contributed by atoms with van der Waals surface area (Å²) in [6.45, 7) is 4.33. The minimum Gasteiger partial charge on any atom is -0.423 e. The lowest BCUT2D eigenvalue weighted by Gasteiger charge is -2.07. The zero-order valence-electron chi connectivity index (χ0n) is 14.2. The van der Waals surface area contributed by atoms with Crippen molar-refractivity contribution >= 4 is 22.6 Å². The molecule has 4 aromatic rings. The molecule has 0 saturated heterocycles. The Labute approximate surface area is 154 Å². The van der Waals surface area contributed by atoms with E-state index in [1.807, 2.05) is 38.1 Å². The normalized spacial score (nSPS) is 11.2. The van der Waals surface area contributed by atoms with Crippen LogP contribution in [0.4, 0.5) is 0 Å². The molecule has 6 nitrogen and oxygen atoms in total. The lowest BCUT2D eigenvalue weighted by Crippen LogP contribution is -2.08. The van der Waals surface area contributed by atoms with Gasteiger partial charge in [-0.1, -0.05) is 11.6 Å². The highest BCUT2D eigenvalue weighted by Crippen LogP contribution is 2.22. The maximum Gasteiger partial charge on any atom is 0.336 e. The summed E-state index contributed by atoms with van der Waals surface area (Å²) in [4.78, 5) is 13.4. The molecule has 0 spiro atoms. The second kappa shape index (κ2) is 6.38. The molecule has 26 heavy (non-hydrogen) atoms. The van der Waals surface area contributed by atoms with Crippen LogP contribution in [0.2, 0.25) is 5.02 Å². The molecule has 130 valence electrons. The zero-order valence-corrected chi connectivity index (χ0v) is 15.0. The number of aromatic nitrogens is 4. The molecule has 0 unspecified atom stereocenters. The highest BCUT2D eigenvalue weighted by Gasteiger charge is 2.11. The van der Waals surface area contributed by atoms with Crippen LogP contribution in [0.3, 0.4) is 0 Å². The number of rotatable bonds is 3. The molecular weight excluding hydrogens is 352 g/mol. The molecule has 0 N–H and O–H groups in total. The SMILES string of the molecule is Cc1cc2oc(=O)cc(Cn3nnc(-c4ccc(Cl)cc4)n3)c2cc1C. The summed E-state index contributed by atoms with van der Waals surface area (Å²) in [7, 11) is 0. The van der Waals surface area contributed by atoms with Crippen LogP contribution in [0.15, 0.2) is 51.7 Å². The number of nitrogens with zero attached hydrogens (tertiary/aromatic N) is 4. The van der Waals surface area contributed by atoms with Crippen LogP contribution in [-0.4, -0.2) is 20.2 Å².